The van der Waals surface area contributed by atoms with Crippen molar-refractivity contribution in [2.45, 2.75) is 24.3 Å². The lowest BCUT2D eigenvalue weighted by Crippen LogP contribution is -2.38. The number of aryl methyl sites for hydroxylation is 1. The molecule has 0 aliphatic heterocycles. The molecule has 0 radical (unpaired) electrons. The van der Waals surface area contributed by atoms with Crippen molar-refractivity contribution in [2.75, 3.05) is 6.54 Å². The largest absolute Gasteiger partial charge is 0.384 e. The Balaban J connectivity index is 2.21. The zero-order valence-corrected chi connectivity index (χ0v) is 13.5. The van der Waals surface area contributed by atoms with Crippen molar-refractivity contribution in [3.63, 3.8) is 0 Å². The summed E-state index contributed by atoms with van der Waals surface area (Å²) in [6.07, 6.45) is 0. The number of aliphatic hydroxyl groups is 1. The Morgan fingerprint density at radius 3 is 2.35 bits per heavy atom. The maximum Gasteiger partial charge on any atom is 0.243 e. The van der Waals surface area contributed by atoms with E-state index in [1.807, 2.05) is 0 Å². The lowest BCUT2D eigenvalue weighted by molar-refractivity contribution is 0.0626. The molecule has 0 heterocycles. The molecule has 23 heavy (non-hydrogen) atoms. The Labute approximate surface area is 133 Å². The highest BCUT2D eigenvalue weighted by Gasteiger charge is 2.27. The fourth-order valence-corrected chi connectivity index (χ4v) is 3.33. The van der Waals surface area contributed by atoms with Crippen molar-refractivity contribution < 1.29 is 22.3 Å². The summed E-state index contributed by atoms with van der Waals surface area (Å²) in [4.78, 5) is -0.479. The molecule has 0 aliphatic rings. The third-order valence-electron chi connectivity index (χ3n) is 3.45. The third kappa shape index (κ3) is 4.13. The van der Waals surface area contributed by atoms with Gasteiger partial charge in [0.05, 0.1) is 0 Å². The zero-order chi connectivity index (χ0) is 17.3. The molecule has 1 unspecified atom stereocenters. The Morgan fingerprint density at radius 1 is 1.13 bits per heavy atom. The molecule has 0 amide bonds. The topological polar surface area (TPSA) is 66.4 Å². The van der Waals surface area contributed by atoms with Crippen molar-refractivity contribution in [1.29, 1.82) is 0 Å². The summed E-state index contributed by atoms with van der Waals surface area (Å²) in [5.41, 5.74) is -0.635. The van der Waals surface area contributed by atoms with Gasteiger partial charge in [-0.15, -0.1) is 0 Å². The van der Waals surface area contributed by atoms with Gasteiger partial charge in [0.15, 0.2) is 0 Å². The van der Waals surface area contributed by atoms with Crippen LogP contribution in [0.1, 0.15) is 18.1 Å². The van der Waals surface area contributed by atoms with Crippen molar-refractivity contribution in [2.24, 2.45) is 0 Å². The van der Waals surface area contributed by atoms with E-state index in [1.54, 1.807) is 6.92 Å². The Morgan fingerprint density at radius 2 is 1.74 bits per heavy atom. The van der Waals surface area contributed by atoms with E-state index in [0.717, 1.165) is 6.07 Å². The number of hydrogen-bond donors (Lipinski definition) is 2. The lowest BCUT2D eigenvalue weighted by atomic mass is 9.96. The minimum Gasteiger partial charge on any atom is -0.384 e. The van der Waals surface area contributed by atoms with E-state index in [0.29, 0.717) is 11.1 Å². The first-order chi connectivity index (χ1) is 10.6. The van der Waals surface area contributed by atoms with Crippen LogP contribution in [0.25, 0.3) is 0 Å². The van der Waals surface area contributed by atoms with Crippen molar-refractivity contribution in [3.05, 3.63) is 65.2 Å². The molecule has 2 rings (SSSR count). The molecular formula is C16H17F2NO3S. The molecule has 0 saturated heterocycles. The summed E-state index contributed by atoms with van der Waals surface area (Å²) in [6.45, 7) is 2.65. The number of rotatable bonds is 5. The molecule has 0 aliphatic carbocycles. The van der Waals surface area contributed by atoms with Gasteiger partial charge in [-0.1, -0.05) is 18.2 Å². The SMILES string of the molecule is Cc1ccc(F)c(S(=O)(=O)NCC(C)(O)c2ccc(F)cc2)c1. The monoisotopic (exact) mass is 341 g/mol. The van der Waals surface area contributed by atoms with Gasteiger partial charge in [0.25, 0.3) is 0 Å². The van der Waals surface area contributed by atoms with Crippen LogP contribution in [0, 0.1) is 18.6 Å². The van der Waals surface area contributed by atoms with Crippen molar-refractivity contribution in [1.82, 2.24) is 4.72 Å². The van der Waals surface area contributed by atoms with Gasteiger partial charge in [0.2, 0.25) is 10.0 Å². The number of hydrogen-bond acceptors (Lipinski definition) is 3. The van der Waals surface area contributed by atoms with Crippen molar-refractivity contribution in [3.8, 4) is 0 Å². The highest BCUT2D eigenvalue weighted by molar-refractivity contribution is 7.89. The minimum absolute atomic E-state index is 0.339. The van der Waals surface area contributed by atoms with Crippen LogP contribution in [-0.2, 0) is 15.6 Å². The first kappa shape index (κ1) is 17.5. The van der Waals surface area contributed by atoms with Crippen LogP contribution >= 0.6 is 0 Å². The van der Waals surface area contributed by atoms with Gasteiger partial charge in [0.1, 0.15) is 22.1 Å². The van der Waals surface area contributed by atoms with Crippen molar-refractivity contribution >= 4 is 10.0 Å². The lowest BCUT2D eigenvalue weighted by Gasteiger charge is -2.24. The minimum atomic E-state index is -4.12. The van der Waals surface area contributed by atoms with Gasteiger partial charge in [-0.2, -0.15) is 0 Å². The highest BCUT2D eigenvalue weighted by Crippen LogP contribution is 2.22. The van der Waals surface area contributed by atoms with Crippen LogP contribution in [-0.4, -0.2) is 20.1 Å². The molecule has 0 spiro atoms. The van der Waals surface area contributed by atoms with Crippen LogP contribution < -0.4 is 4.72 Å². The molecule has 2 aromatic rings. The number of benzene rings is 2. The van der Waals surface area contributed by atoms with Gasteiger partial charge in [0, 0.05) is 6.54 Å². The second-order valence-corrected chi connectivity index (χ2v) is 7.27. The van der Waals surface area contributed by atoms with E-state index in [-0.39, 0.29) is 6.54 Å². The van der Waals surface area contributed by atoms with E-state index in [4.69, 9.17) is 0 Å². The maximum atomic E-state index is 13.7. The first-order valence-electron chi connectivity index (χ1n) is 6.86. The summed E-state index contributed by atoms with van der Waals surface area (Å²) in [6, 6.07) is 8.79. The van der Waals surface area contributed by atoms with E-state index < -0.39 is 32.2 Å². The molecule has 2 N–H and O–H groups in total. The van der Waals surface area contributed by atoms with Crippen LogP contribution in [0.2, 0.25) is 0 Å². The molecule has 0 bridgehead atoms. The van der Waals surface area contributed by atoms with Gasteiger partial charge in [-0.05, 0) is 49.2 Å². The number of sulfonamides is 1. The maximum absolute atomic E-state index is 13.7. The molecule has 124 valence electrons. The van der Waals surface area contributed by atoms with E-state index in [2.05, 4.69) is 4.72 Å². The normalized spacial score (nSPS) is 14.5. The quantitative estimate of drug-likeness (QED) is 0.878. The predicted octanol–water partition coefficient (Wildman–Crippen LogP) is 2.46. The standard InChI is InChI=1S/C16H17F2NO3S/c1-11-3-8-14(18)15(9-11)23(21,22)19-10-16(2,20)12-4-6-13(17)7-5-12/h3-9,19-20H,10H2,1-2H3. The molecule has 4 nitrogen and oxygen atoms in total. The Kier molecular flexibility index (Phi) is 4.84. The van der Waals surface area contributed by atoms with Crippen LogP contribution in [0.5, 0.6) is 0 Å². The van der Waals surface area contributed by atoms with Crippen LogP contribution in [0.3, 0.4) is 0 Å². The summed E-state index contributed by atoms with van der Waals surface area (Å²) >= 11 is 0. The molecule has 0 aromatic heterocycles. The van der Waals surface area contributed by atoms with E-state index in [1.165, 1.54) is 43.3 Å². The number of halogens is 2. The first-order valence-corrected chi connectivity index (χ1v) is 8.34. The average molecular weight is 341 g/mol. The van der Waals surface area contributed by atoms with Gasteiger partial charge >= 0.3 is 0 Å². The summed E-state index contributed by atoms with van der Waals surface area (Å²) < 4.78 is 53.3. The Bertz CT molecular complexity index is 803. The van der Waals surface area contributed by atoms with E-state index >= 15 is 0 Å². The Hall–Kier alpha value is -1.83. The van der Waals surface area contributed by atoms with Gasteiger partial charge < -0.3 is 5.11 Å². The molecule has 0 saturated carbocycles. The fraction of sp³-hybridized carbons (Fsp3) is 0.250. The van der Waals surface area contributed by atoms with Crippen LogP contribution in [0.4, 0.5) is 8.78 Å². The predicted molar refractivity (Wildman–Crippen MR) is 82.3 cm³/mol. The van der Waals surface area contributed by atoms with Gasteiger partial charge in [-0.3, -0.25) is 0 Å². The fourth-order valence-electron chi connectivity index (χ4n) is 2.04. The summed E-state index contributed by atoms with van der Waals surface area (Å²) in [7, 11) is -4.12. The average Bonchev–Trinajstić information content (AvgIpc) is 2.48. The molecule has 2 aromatic carbocycles. The van der Waals surface area contributed by atoms with Gasteiger partial charge in [-0.25, -0.2) is 21.9 Å². The second-order valence-electron chi connectivity index (χ2n) is 5.54. The van der Waals surface area contributed by atoms with E-state index in [9.17, 15) is 22.3 Å². The van der Waals surface area contributed by atoms with Crippen LogP contribution in [0.15, 0.2) is 47.4 Å². The second kappa shape index (κ2) is 6.35. The molecular weight excluding hydrogens is 324 g/mol. The third-order valence-corrected chi connectivity index (χ3v) is 4.87. The highest BCUT2D eigenvalue weighted by atomic mass is 32.2. The molecule has 0 fully saturated rings. The molecule has 1 atom stereocenters. The number of nitrogens with one attached hydrogen (secondary N) is 1. The molecule has 7 heteroatoms. The summed E-state index contributed by atoms with van der Waals surface area (Å²) in [5.74, 6) is -1.34. The smallest absolute Gasteiger partial charge is 0.243 e. The summed E-state index contributed by atoms with van der Waals surface area (Å²) in [5, 5.41) is 10.4. The zero-order valence-electron chi connectivity index (χ0n) is 12.7.